The van der Waals surface area contributed by atoms with Gasteiger partial charge in [-0.2, -0.15) is 0 Å². The summed E-state index contributed by atoms with van der Waals surface area (Å²) < 4.78 is 0. The monoisotopic (exact) mass is 182 g/mol. The number of carboxylic acid groups (broad SMARTS) is 2. The van der Waals surface area contributed by atoms with Gasteiger partial charge < -0.3 is 10.2 Å². The molecule has 0 saturated heterocycles. The minimum atomic E-state index is -1.05. The fourth-order valence-electron chi connectivity index (χ4n) is 2.53. The normalized spacial score (nSPS) is 31.1. The lowest BCUT2D eigenvalue weighted by Crippen LogP contribution is -2.17. The standard InChI is InChI=1S/C9H10O4/c10-8(11)6-4-1-2-5(3-4)7(6)9(12)13/h4-5H,1-3H2,(H,10,11)(H,12,13). The zero-order valence-electron chi connectivity index (χ0n) is 6.99. The molecule has 2 unspecified atom stereocenters. The van der Waals surface area contributed by atoms with Crippen LogP contribution in [0.1, 0.15) is 19.3 Å². The largest absolute Gasteiger partial charge is 0.478 e. The molecule has 4 heteroatoms. The van der Waals surface area contributed by atoms with Crippen molar-refractivity contribution in [2.75, 3.05) is 0 Å². The Kier molecular flexibility index (Phi) is 1.65. The van der Waals surface area contributed by atoms with E-state index in [4.69, 9.17) is 10.2 Å². The van der Waals surface area contributed by atoms with Crippen molar-refractivity contribution in [2.24, 2.45) is 11.8 Å². The van der Waals surface area contributed by atoms with Crippen LogP contribution in [0.5, 0.6) is 0 Å². The van der Waals surface area contributed by atoms with E-state index >= 15 is 0 Å². The molecule has 0 aromatic rings. The summed E-state index contributed by atoms with van der Waals surface area (Å²) in [4.78, 5) is 21.6. The van der Waals surface area contributed by atoms with Crippen LogP contribution in [0.3, 0.4) is 0 Å². The lowest BCUT2D eigenvalue weighted by atomic mass is 9.92. The molecule has 0 radical (unpaired) electrons. The Morgan fingerprint density at radius 2 is 1.38 bits per heavy atom. The van der Waals surface area contributed by atoms with Gasteiger partial charge in [-0.25, -0.2) is 9.59 Å². The van der Waals surface area contributed by atoms with E-state index in [-0.39, 0.29) is 23.0 Å². The van der Waals surface area contributed by atoms with Crippen LogP contribution in [-0.4, -0.2) is 22.2 Å². The fourth-order valence-corrected chi connectivity index (χ4v) is 2.53. The van der Waals surface area contributed by atoms with Crippen LogP contribution in [0.2, 0.25) is 0 Å². The van der Waals surface area contributed by atoms with E-state index < -0.39 is 11.9 Å². The van der Waals surface area contributed by atoms with Gasteiger partial charge in [-0.3, -0.25) is 0 Å². The first-order valence-corrected chi connectivity index (χ1v) is 4.32. The van der Waals surface area contributed by atoms with Gasteiger partial charge in [-0.1, -0.05) is 0 Å². The van der Waals surface area contributed by atoms with Crippen molar-refractivity contribution in [3.05, 3.63) is 11.1 Å². The second-order valence-corrected chi connectivity index (χ2v) is 3.64. The molecule has 13 heavy (non-hydrogen) atoms. The van der Waals surface area contributed by atoms with Crippen LogP contribution < -0.4 is 0 Å². The third-order valence-electron chi connectivity index (χ3n) is 3.00. The smallest absolute Gasteiger partial charge is 0.332 e. The molecule has 4 nitrogen and oxygen atoms in total. The molecule has 2 aliphatic carbocycles. The van der Waals surface area contributed by atoms with E-state index in [0.29, 0.717) is 0 Å². The number of hydrogen-bond donors (Lipinski definition) is 2. The molecule has 0 aromatic carbocycles. The SMILES string of the molecule is O=C(O)C1=C(C(=O)O)C2CCC1C2. The Balaban J connectivity index is 2.46. The molecule has 1 saturated carbocycles. The zero-order valence-corrected chi connectivity index (χ0v) is 6.99. The highest BCUT2D eigenvalue weighted by Crippen LogP contribution is 2.48. The van der Waals surface area contributed by atoms with E-state index in [9.17, 15) is 9.59 Å². The Morgan fingerprint density at radius 1 is 1.00 bits per heavy atom. The van der Waals surface area contributed by atoms with Crippen LogP contribution in [0.25, 0.3) is 0 Å². The van der Waals surface area contributed by atoms with Crippen LogP contribution in [-0.2, 0) is 9.59 Å². The van der Waals surface area contributed by atoms with Crippen LogP contribution in [0.4, 0.5) is 0 Å². The van der Waals surface area contributed by atoms with E-state index in [1.807, 2.05) is 0 Å². The predicted octanol–water partition coefficient (Wildman–Crippen LogP) is 0.882. The van der Waals surface area contributed by atoms with Gasteiger partial charge in [0.05, 0.1) is 11.1 Å². The van der Waals surface area contributed by atoms with Crippen LogP contribution in [0.15, 0.2) is 11.1 Å². The van der Waals surface area contributed by atoms with Crippen molar-refractivity contribution in [3.8, 4) is 0 Å². The third kappa shape index (κ3) is 1.05. The average Bonchev–Trinajstić information content (AvgIpc) is 2.60. The Morgan fingerprint density at radius 3 is 1.69 bits per heavy atom. The topological polar surface area (TPSA) is 74.6 Å². The maximum absolute atomic E-state index is 10.8. The molecular weight excluding hydrogens is 172 g/mol. The molecule has 0 aliphatic heterocycles. The first-order chi connectivity index (χ1) is 6.11. The van der Waals surface area contributed by atoms with Gasteiger partial charge in [0, 0.05) is 0 Å². The molecule has 2 aliphatic rings. The van der Waals surface area contributed by atoms with Crippen molar-refractivity contribution < 1.29 is 19.8 Å². The minimum absolute atomic E-state index is 0.00593. The summed E-state index contributed by atoms with van der Waals surface area (Å²) in [7, 11) is 0. The highest BCUT2D eigenvalue weighted by molar-refractivity contribution is 6.00. The zero-order chi connectivity index (χ0) is 9.59. The van der Waals surface area contributed by atoms with Crippen molar-refractivity contribution in [1.82, 2.24) is 0 Å². The summed E-state index contributed by atoms with van der Waals surface area (Å²) in [6, 6.07) is 0. The molecule has 2 N–H and O–H groups in total. The van der Waals surface area contributed by atoms with Gasteiger partial charge >= 0.3 is 11.9 Å². The molecule has 0 spiro atoms. The summed E-state index contributed by atoms with van der Waals surface area (Å²) in [6.07, 6.45) is 2.40. The second kappa shape index (κ2) is 2.58. The molecule has 0 heterocycles. The average molecular weight is 182 g/mol. The molecule has 2 rings (SSSR count). The molecule has 0 aromatic heterocycles. The Hall–Kier alpha value is -1.32. The van der Waals surface area contributed by atoms with Crippen molar-refractivity contribution in [1.29, 1.82) is 0 Å². The molecule has 0 amide bonds. The van der Waals surface area contributed by atoms with E-state index in [1.54, 1.807) is 0 Å². The van der Waals surface area contributed by atoms with Gasteiger partial charge in [-0.05, 0) is 31.1 Å². The first-order valence-electron chi connectivity index (χ1n) is 4.32. The first kappa shape index (κ1) is 8.29. The number of aliphatic carboxylic acids is 2. The maximum Gasteiger partial charge on any atom is 0.332 e. The van der Waals surface area contributed by atoms with Gasteiger partial charge in [0.15, 0.2) is 0 Å². The summed E-state index contributed by atoms with van der Waals surface area (Å²) in [5.74, 6) is -2.11. The Labute approximate surface area is 74.9 Å². The molecule has 1 fully saturated rings. The number of carboxylic acids is 2. The summed E-state index contributed by atoms with van der Waals surface area (Å²) in [5.41, 5.74) is 0.313. The lowest BCUT2D eigenvalue weighted by molar-refractivity contribution is -0.136. The van der Waals surface area contributed by atoms with Gasteiger partial charge in [0.25, 0.3) is 0 Å². The number of carbonyl (C=O) groups is 2. The molecule has 2 bridgehead atoms. The second-order valence-electron chi connectivity index (χ2n) is 3.64. The van der Waals surface area contributed by atoms with E-state index in [0.717, 1.165) is 19.3 Å². The molecule has 70 valence electrons. The number of rotatable bonds is 2. The van der Waals surface area contributed by atoms with Crippen molar-refractivity contribution in [3.63, 3.8) is 0 Å². The van der Waals surface area contributed by atoms with Crippen LogP contribution >= 0.6 is 0 Å². The van der Waals surface area contributed by atoms with Crippen molar-refractivity contribution >= 4 is 11.9 Å². The van der Waals surface area contributed by atoms with E-state index in [2.05, 4.69) is 0 Å². The highest BCUT2D eigenvalue weighted by atomic mass is 16.4. The van der Waals surface area contributed by atoms with Gasteiger partial charge in [-0.15, -0.1) is 0 Å². The predicted molar refractivity (Wildman–Crippen MR) is 43.1 cm³/mol. The van der Waals surface area contributed by atoms with E-state index in [1.165, 1.54) is 0 Å². The lowest BCUT2D eigenvalue weighted by Gasteiger charge is -2.12. The highest BCUT2D eigenvalue weighted by Gasteiger charge is 2.44. The van der Waals surface area contributed by atoms with Gasteiger partial charge in [0.1, 0.15) is 0 Å². The van der Waals surface area contributed by atoms with Gasteiger partial charge in [0.2, 0.25) is 0 Å². The summed E-state index contributed by atoms with van der Waals surface area (Å²) >= 11 is 0. The molecular formula is C9H10O4. The van der Waals surface area contributed by atoms with Crippen molar-refractivity contribution in [2.45, 2.75) is 19.3 Å². The van der Waals surface area contributed by atoms with Crippen LogP contribution in [0, 0.1) is 11.8 Å². The summed E-state index contributed by atoms with van der Waals surface area (Å²) in [6.45, 7) is 0. The fraction of sp³-hybridized carbons (Fsp3) is 0.556. The minimum Gasteiger partial charge on any atom is -0.478 e. The Bertz CT molecular complexity index is 286. The quantitative estimate of drug-likeness (QED) is 0.664. The third-order valence-corrected chi connectivity index (χ3v) is 3.00. The summed E-state index contributed by atoms with van der Waals surface area (Å²) in [5, 5.41) is 17.7. The molecule has 2 atom stereocenters. The number of hydrogen-bond acceptors (Lipinski definition) is 2. The maximum atomic E-state index is 10.8. The number of fused-ring (bicyclic) bond motifs is 2.